The van der Waals surface area contributed by atoms with E-state index in [0.717, 1.165) is 51.7 Å². The van der Waals surface area contributed by atoms with Crippen molar-refractivity contribution in [2.24, 2.45) is 0 Å². The minimum atomic E-state index is 0.762. The number of hydrogen-bond donors (Lipinski definition) is 1. The van der Waals surface area contributed by atoms with E-state index in [0.29, 0.717) is 0 Å². The Morgan fingerprint density at radius 1 is 0.947 bits per heavy atom. The van der Waals surface area contributed by atoms with Crippen LogP contribution in [0.2, 0.25) is 0 Å². The van der Waals surface area contributed by atoms with Crippen molar-refractivity contribution in [2.75, 3.05) is 45.3 Å². The molecule has 0 spiro atoms. The number of benzene rings is 1. The van der Waals surface area contributed by atoms with E-state index in [4.69, 9.17) is 15.2 Å². The number of rotatable bonds is 10. The topological polar surface area (TPSA) is 47.7 Å². The van der Waals surface area contributed by atoms with Gasteiger partial charge in [-0.1, -0.05) is 12.1 Å². The van der Waals surface area contributed by atoms with Crippen molar-refractivity contribution in [1.82, 2.24) is 4.90 Å². The fraction of sp³-hybridized carbons (Fsp3) is 0.600. The highest BCUT2D eigenvalue weighted by atomic mass is 16.5. The molecule has 0 saturated carbocycles. The third-order valence-corrected chi connectivity index (χ3v) is 2.90. The van der Waals surface area contributed by atoms with E-state index in [1.165, 1.54) is 5.56 Å². The highest BCUT2D eigenvalue weighted by Crippen LogP contribution is 2.08. The Kier molecular flexibility index (Phi) is 8.21. The van der Waals surface area contributed by atoms with Crippen LogP contribution in [0.25, 0.3) is 0 Å². The van der Waals surface area contributed by atoms with E-state index in [9.17, 15) is 0 Å². The van der Waals surface area contributed by atoms with Crippen LogP contribution in [0.1, 0.15) is 19.4 Å². The molecule has 108 valence electrons. The van der Waals surface area contributed by atoms with Gasteiger partial charge in [0.25, 0.3) is 0 Å². The largest absolute Gasteiger partial charge is 0.399 e. The van der Waals surface area contributed by atoms with E-state index in [1.807, 2.05) is 26.0 Å². The van der Waals surface area contributed by atoms with Crippen LogP contribution in [0, 0.1) is 0 Å². The normalized spacial score (nSPS) is 11.1. The van der Waals surface area contributed by atoms with E-state index >= 15 is 0 Å². The number of nitrogens with two attached hydrogens (primary N) is 1. The first kappa shape index (κ1) is 16.0. The zero-order chi connectivity index (χ0) is 13.9. The molecule has 0 saturated heterocycles. The zero-order valence-corrected chi connectivity index (χ0v) is 12.1. The molecule has 1 aromatic carbocycles. The van der Waals surface area contributed by atoms with E-state index in [-0.39, 0.29) is 0 Å². The number of hydrogen-bond acceptors (Lipinski definition) is 4. The molecule has 0 fully saturated rings. The molecule has 0 amide bonds. The fourth-order valence-corrected chi connectivity index (χ4v) is 1.83. The maximum absolute atomic E-state index is 5.70. The average Bonchev–Trinajstić information content (AvgIpc) is 2.41. The first-order valence-electron chi connectivity index (χ1n) is 6.98. The Hall–Kier alpha value is -1.10. The number of ether oxygens (including phenoxy) is 2. The van der Waals surface area contributed by atoms with Crippen molar-refractivity contribution < 1.29 is 9.47 Å². The predicted octanol–water partition coefficient (Wildman–Crippen LogP) is 2.14. The van der Waals surface area contributed by atoms with Crippen molar-refractivity contribution in [3.63, 3.8) is 0 Å². The van der Waals surface area contributed by atoms with Crippen molar-refractivity contribution in [2.45, 2.75) is 20.4 Å². The average molecular weight is 266 g/mol. The van der Waals surface area contributed by atoms with Crippen molar-refractivity contribution in [3.05, 3.63) is 29.8 Å². The Morgan fingerprint density at radius 2 is 1.47 bits per heavy atom. The number of nitrogens with zero attached hydrogens (tertiary/aromatic N) is 1. The van der Waals surface area contributed by atoms with E-state index in [1.54, 1.807) is 0 Å². The summed E-state index contributed by atoms with van der Waals surface area (Å²) in [5.74, 6) is 0. The van der Waals surface area contributed by atoms with Crippen LogP contribution in [-0.4, -0.2) is 44.4 Å². The van der Waals surface area contributed by atoms with Gasteiger partial charge in [0, 0.05) is 38.5 Å². The second-order valence-corrected chi connectivity index (χ2v) is 4.41. The summed E-state index contributed by atoms with van der Waals surface area (Å²) in [5.41, 5.74) is 7.77. The summed E-state index contributed by atoms with van der Waals surface area (Å²) in [6, 6.07) is 8.03. The monoisotopic (exact) mass is 266 g/mol. The van der Waals surface area contributed by atoms with Gasteiger partial charge in [-0.3, -0.25) is 4.90 Å². The Balaban J connectivity index is 2.44. The molecular weight excluding hydrogens is 240 g/mol. The minimum absolute atomic E-state index is 0.762. The standard InChI is InChI=1S/C15H26N2O2/c1-3-18-11-9-17(10-12-19-4-2)13-14-5-7-15(16)8-6-14/h5-8H,3-4,9-13,16H2,1-2H3. The van der Waals surface area contributed by atoms with Gasteiger partial charge in [0.2, 0.25) is 0 Å². The molecule has 19 heavy (non-hydrogen) atoms. The molecule has 0 aromatic heterocycles. The van der Waals surface area contributed by atoms with Crippen LogP contribution < -0.4 is 5.73 Å². The lowest BCUT2D eigenvalue weighted by atomic mass is 10.2. The number of anilines is 1. The molecule has 4 nitrogen and oxygen atoms in total. The molecule has 0 unspecified atom stereocenters. The highest BCUT2D eigenvalue weighted by molar-refractivity contribution is 5.39. The molecule has 0 aliphatic heterocycles. The zero-order valence-electron chi connectivity index (χ0n) is 12.1. The highest BCUT2D eigenvalue weighted by Gasteiger charge is 2.06. The lowest BCUT2D eigenvalue weighted by Crippen LogP contribution is -2.30. The summed E-state index contributed by atoms with van der Waals surface area (Å²) in [4.78, 5) is 2.34. The van der Waals surface area contributed by atoms with Crippen molar-refractivity contribution >= 4 is 5.69 Å². The lowest BCUT2D eigenvalue weighted by molar-refractivity contribution is 0.0798. The Bertz CT molecular complexity index is 317. The predicted molar refractivity (Wildman–Crippen MR) is 79.1 cm³/mol. The summed E-state index contributed by atoms with van der Waals surface area (Å²) in [6.45, 7) is 9.84. The van der Waals surface area contributed by atoms with Gasteiger partial charge in [-0.05, 0) is 31.5 Å². The summed E-state index contributed by atoms with van der Waals surface area (Å²) < 4.78 is 10.8. The van der Waals surface area contributed by atoms with Crippen LogP contribution >= 0.6 is 0 Å². The van der Waals surface area contributed by atoms with Gasteiger partial charge in [-0.2, -0.15) is 0 Å². The molecule has 1 rings (SSSR count). The van der Waals surface area contributed by atoms with Gasteiger partial charge in [0.05, 0.1) is 13.2 Å². The SMILES string of the molecule is CCOCCN(CCOCC)Cc1ccc(N)cc1. The van der Waals surface area contributed by atoms with Gasteiger partial charge < -0.3 is 15.2 Å². The fourth-order valence-electron chi connectivity index (χ4n) is 1.83. The van der Waals surface area contributed by atoms with E-state index in [2.05, 4.69) is 17.0 Å². The third-order valence-electron chi connectivity index (χ3n) is 2.90. The Morgan fingerprint density at radius 3 is 1.95 bits per heavy atom. The minimum Gasteiger partial charge on any atom is -0.399 e. The molecule has 0 heterocycles. The van der Waals surface area contributed by atoms with Crippen molar-refractivity contribution in [3.8, 4) is 0 Å². The van der Waals surface area contributed by atoms with Crippen LogP contribution in [0.4, 0.5) is 5.69 Å². The molecule has 0 atom stereocenters. The van der Waals surface area contributed by atoms with Crippen molar-refractivity contribution in [1.29, 1.82) is 0 Å². The summed E-state index contributed by atoms with van der Waals surface area (Å²) in [6.07, 6.45) is 0. The molecule has 0 radical (unpaired) electrons. The smallest absolute Gasteiger partial charge is 0.0593 e. The molecule has 0 bridgehead atoms. The maximum Gasteiger partial charge on any atom is 0.0593 e. The third kappa shape index (κ3) is 7.15. The molecule has 0 aliphatic carbocycles. The molecular formula is C15H26N2O2. The Labute approximate surface area is 116 Å². The lowest BCUT2D eigenvalue weighted by Gasteiger charge is -2.22. The quantitative estimate of drug-likeness (QED) is 0.521. The maximum atomic E-state index is 5.70. The first-order chi connectivity index (χ1) is 9.26. The summed E-state index contributed by atoms with van der Waals surface area (Å²) in [7, 11) is 0. The van der Waals surface area contributed by atoms with Gasteiger partial charge in [0.1, 0.15) is 0 Å². The van der Waals surface area contributed by atoms with Gasteiger partial charge >= 0.3 is 0 Å². The second kappa shape index (κ2) is 9.78. The molecule has 1 aromatic rings. The first-order valence-corrected chi connectivity index (χ1v) is 6.98. The molecule has 4 heteroatoms. The molecule has 0 aliphatic rings. The van der Waals surface area contributed by atoms with Gasteiger partial charge in [-0.15, -0.1) is 0 Å². The van der Waals surface area contributed by atoms with E-state index < -0.39 is 0 Å². The number of nitrogen functional groups attached to an aromatic ring is 1. The van der Waals surface area contributed by atoms with Crippen LogP contribution in [0.5, 0.6) is 0 Å². The van der Waals surface area contributed by atoms with Gasteiger partial charge in [0.15, 0.2) is 0 Å². The van der Waals surface area contributed by atoms with Crippen LogP contribution in [0.15, 0.2) is 24.3 Å². The van der Waals surface area contributed by atoms with Crippen LogP contribution in [0.3, 0.4) is 0 Å². The molecule has 2 N–H and O–H groups in total. The van der Waals surface area contributed by atoms with Gasteiger partial charge in [-0.25, -0.2) is 0 Å². The summed E-state index contributed by atoms with van der Waals surface area (Å²) >= 11 is 0. The van der Waals surface area contributed by atoms with Crippen LogP contribution in [-0.2, 0) is 16.0 Å². The second-order valence-electron chi connectivity index (χ2n) is 4.41. The summed E-state index contributed by atoms with van der Waals surface area (Å²) in [5, 5.41) is 0.